The van der Waals surface area contributed by atoms with Gasteiger partial charge in [-0.1, -0.05) is 24.3 Å². The Morgan fingerprint density at radius 3 is 2.80 bits per heavy atom. The number of aromatic nitrogens is 3. The maximum Gasteiger partial charge on any atom is 0.266 e. The quantitative estimate of drug-likeness (QED) is 0.600. The normalized spacial score (nSPS) is 10.7. The number of nitrogens with zero attached hydrogens (tertiary/aromatic N) is 3. The van der Waals surface area contributed by atoms with Crippen LogP contribution in [0.5, 0.6) is 0 Å². The molecule has 1 aromatic carbocycles. The predicted molar refractivity (Wildman–Crippen MR) is 55.0 cm³/mol. The van der Waals surface area contributed by atoms with Crippen molar-refractivity contribution in [3.8, 4) is 11.6 Å². The Morgan fingerprint density at radius 2 is 1.93 bits per heavy atom. The van der Waals surface area contributed by atoms with Crippen molar-refractivity contribution < 1.29 is 4.42 Å². The third kappa shape index (κ3) is 1.36. The van der Waals surface area contributed by atoms with Gasteiger partial charge in [0.15, 0.2) is 0 Å². The zero-order valence-corrected chi connectivity index (χ0v) is 7.79. The average molecular weight is 197 g/mol. The fourth-order valence-corrected chi connectivity index (χ4v) is 1.47. The summed E-state index contributed by atoms with van der Waals surface area (Å²) in [5.41, 5.74) is 1.62. The van der Waals surface area contributed by atoms with Crippen LogP contribution in [-0.2, 0) is 0 Å². The molecule has 0 saturated heterocycles. The Labute approximate surface area is 85.6 Å². The van der Waals surface area contributed by atoms with Gasteiger partial charge in [0.25, 0.3) is 5.89 Å². The van der Waals surface area contributed by atoms with Crippen molar-refractivity contribution in [3.63, 3.8) is 0 Å². The van der Waals surface area contributed by atoms with Crippen molar-refractivity contribution >= 4 is 10.9 Å². The van der Waals surface area contributed by atoms with Crippen molar-refractivity contribution in [1.82, 2.24) is 15.2 Å². The summed E-state index contributed by atoms with van der Waals surface area (Å²) in [6.07, 6.45) is 1.30. The molecule has 0 unspecified atom stereocenters. The SMILES string of the molecule is c1ccc2nc(-c3nnco3)ccc2c1. The van der Waals surface area contributed by atoms with Crippen LogP contribution in [0.2, 0.25) is 0 Å². The molecule has 0 spiro atoms. The summed E-state index contributed by atoms with van der Waals surface area (Å²) in [5, 5.41) is 8.53. The van der Waals surface area contributed by atoms with Crippen molar-refractivity contribution in [1.29, 1.82) is 0 Å². The molecule has 0 aliphatic carbocycles. The molecule has 72 valence electrons. The van der Waals surface area contributed by atoms with Gasteiger partial charge >= 0.3 is 0 Å². The smallest absolute Gasteiger partial charge is 0.266 e. The molecule has 0 N–H and O–H groups in total. The number of fused-ring (bicyclic) bond motifs is 1. The maximum absolute atomic E-state index is 5.08. The van der Waals surface area contributed by atoms with Gasteiger partial charge in [-0.3, -0.25) is 0 Å². The Bertz CT molecular complexity index is 590. The number of rotatable bonds is 1. The van der Waals surface area contributed by atoms with E-state index in [1.807, 2.05) is 36.4 Å². The highest BCUT2D eigenvalue weighted by atomic mass is 16.4. The van der Waals surface area contributed by atoms with Gasteiger partial charge in [-0.25, -0.2) is 4.98 Å². The van der Waals surface area contributed by atoms with Crippen LogP contribution in [-0.4, -0.2) is 15.2 Å². The van der Waals surface area contributed by atoms with Crippen LogP contribution in [0, 0.1) is 0 Å². The number of pyridine rings is 1. The van der Waals surface area contributed by atoms with Crippen LogP contribution in [0.1, 0.15) is 0 Å². The lowest BCUT2D eigenvalue weighted by molar-refractivity contribution is 0.566. The van der Waals surface area contributed by atoms with Gasteiger partial charge < -0.3 is 4.42 Å². The van der Waals surface area contributed by atoms with E-state index >= 15 is 0 Å². The first-order valence-corrected chi connectivity index (χ1v) is 4.56. The number of benzene rings is 1. The molecular weight excluding hydrogens is 190 g/mol. The molecule has 0 aliphatic rings. The highest BCUT2D eigenvalue weighted by Crippen LogP contribution is 2.18. The molecule has 4 heteroatoms. The molecule has 0 aliphatic heterocycles. The van der Waals surface area contributed by atoms with Crippen molar-refractivity contribution in [2.24, 2.45) is 0 Å². The van der Waals surface area contributed by atoms with Gasteiger partial charge in [0.2, 0.25) is 6.39 Å². The number of hydrogen-bond donors (Lipinski definition) is 0. The van der Waals surface area contributed by atoms with Crippen molar-refractivity contribution in [3.05, 3.63) is 42.8 Å². The fourth-order valence-electron chi connectivity index (χ4n) is 1.47. The molecule has 0 amide bonds. The molecule has 4 nitrogen and oxygen atoms in total. The summed E-state index contributed by atoms with van der Waals surface area (Å²) in [6, 6.07) is 11.8. The van der Waals surface area contributed by atoms with Gasteiger partial charge in [0.05, 0.1) is 5.52 Å². The second-order valence-corrected chi connectivity index (χ2v) is 3.13. The second kappa shape index (κ2) is 3.16. The van der Waals surface area contributed by atoms with E-state index in [0.717, 1.165) is 10.9 Å². The van der Waals surface area contributed by atoms with E-state index in [9.17, 15) is 0 Å². The molecule has 2 aromatic heterocycles. The maximum atomic E-state index is 5.08. The first kappa shape index (κ1) is 8.11. The summed E-state index contributed by atoms with van der Waals surface area (Å²) in [7, 11) is 0. The predicted octanol–water partition coefficient (Wildman–Crippen LogP) is 2.28. The Hall–Kier alpha value is -2.23. The molecule has 0 atom stereocenters. The first-order chi connectivity index (χ1) is 7.43. The minimum absolute atomic E-state index is 0.445. The number of para-hydroxylation sites is 1. The lowest BCUT2D eigenvalue weighted by Crippen LogP contribution is -1.84. The molecular formula is C11H7N3O. The van der Waals surface area contributed by atoms with E-state index in [1.165, 1.54) is 6.39 Å². The molecule has 15 heavy (non-hydrogen) atoms. The Morgan fingerprint density at radius 1 is 1.00 bits per heavy atom. The van der Waals surface area contributed by atoms with Crippen LogP contribution in [0.25, 0.3) is 22.5 Å². The highest BCUT2D eigenvalue weighted by Gasteiger charge is 2.05. The molecule has 0 fully saturated rings. The van der Waals surface area contributed by atoms with Gasteiger partial charge in [0.1, 0.15) is 5.69 Å². The average Bonchev–Trinajstić information content (AvgIpc) is 2.82. The van der Waals surface area contributed by atoms with Gasteiger partial charge in [0, 0.05) is 5.39 Å². The highest BCUT2D eigenvalue weighted by molar-refractivity contribution is 5.80. The van der Waals surface area contributed by atoms with Crippen LogP contribution in [0.15, 0.2) is 47.2 Å². The summed E-state index contributed by atoms with van der Waals surface area (Å²) >= 11 is 0. The topological polar surface area (TPSA) is 51.8 Å². The van der Waals surface area contributed by atoms with E-state index < -0.39 is 0 Å². The van der Waals surface area contributed by atoms with E-state index in [2.05, 4.69) is 15.2 Å². The van der Waals surface area contributed by atoms with E-state index in [4.69, 9.17) is 4.42 Å². The van der Waals surface area contributed by atoms with Crippen LogP contribution >= 0.6 is 0 Å². The number of hydrogen-bond acceptors (Lipinski definition) is 4. The first-order valence-electron chi connectivity index (χ1n) is 4.56. The standard InChI is InChI=1S/C11H7N3O/c1-2-4-9-8(3-1)5-6-10(13-9)11-14-12-7-15-11/h1-7H. The molecule has 0 radical (unpaired) electrons. The van der Waals surface area contributed by atoms with E-state index in [0.29, 0.717) is 11.6 Å². The summed E-state index contributed by atoms with van der Waals surface area (Å²) in [5.74, 6) is 0.445. The third-order valence-corrected chi connectivity index (χ3v) is 2.18. The fraction of sp³-hybridized carbons (Fsp3) is 0. The summed E-state index contributed by atoms with van der Waals surface area (Å²) in [4.78, 5) is 4.42. The van der Waals surface area contributed by atoms with Crippen molar-refractivity contribution in [2.45, 2.75) is 0 Å². The Kier molecular flexibility index (Phi) is 1.71. The lowest BCUT2D eigenvalue weighted by Gasteiger charge is -1.97. The molecule has 0 saturated carbocycles. The van der Waals surface area contributed by atoms with Gasteiger partial charge in [-0.15, -0.1) is 10.2 Å². The van der Waals surface area contributed by atoms with Gasteiger partial charge in [-0.2, -0.15) is 0 Å². The second-order valence-electron chi connectivity index (χ2n) is 3.13. The van der Waals surface area contributed by atoms with Crippen LogP contribution in [0.4, 0.5) is 0 Å². The summed E-state index contributed by atoms with van der Waals surface area (Å²) < 4.78 is 5.08. The zero-order chi connectivity index (χ0) is 10.1. The van der Waals surface area contributed by atoms with Crippen LogP contribution in [0.3, 0.4) is 0 Å². The van der Waals surface area contributed by atoms with Gasteiger partial charge in [-0.05, 0) is 12.1 Å². The summed E-state index contributed by atoms with van der Waals surface area (Å²) in [6.45, 7) is 0. The zero-order valence-electron chi connectivity index (χ0n) is 7.79. The molecule has 3 aromatic rings. The molecule has 0 bridgehead atoms. The largest absolute Gasteiger partial charge is 0.422 e. The molecule has 3 rings (SSSR count). The van der Waals surface area contributed by atoms with Crippen LogP contribution < -0.4 is 0 Å². The minimum atomic E-state index is 0.445. The van der Waals surface area contributed by atoms with Crippen molar-refractivity contribution in [2.75, 3.05) is 0 Å². The molecule has 2 heterocycles. The Balaban J connectivity index is 2.22. The third-order valence-electron chi connectivity index (χ3n) is 2.18. The van der Waals surface area contributed by atoms with E-state index in [-0.39, 0.29) is 0 Å². The monoisotopic (exact) mass is 197 g/mol. The van der Waals surface area contributed by atoms with E-state index in [1.54, 1.807) is 0 Å². The minimum Gasteiger partial charge on any atom is -0.422 e. The lowest BCUT2D eigenvalue weighted by atomic mass is 10.2.